The summed E-state index contributed by atoms with van der Waals surface area (Å²) in [6.07, 6.45) is 1.59. The molecule has 1 aliphatic rings. The Bertz CT molecular complexity index is 619. The Balaban J connectivity index is 1.88. The Labute approximate surface area is 116 Å². The van der Waals surface area contributed by atoms with Gasteiger partial charge in [0.05, 0.1) is 26.0 Å². The predicted molar refractivity (Wildman–Crippen MR) is 72.0 cm³/mol. The van der Waals surface area contributed by atoms with Crippen LogP contribution in [-0.2, 0) is 9.47 Å². The third kappa shape index (κ3) is 2.44. The number of nitrogens with zero attached hydrogens (tertiary/aromatic N) is 4. The smallest absolute Gasteiger partial charge is 0.358 e. The minimum atomic E-state index is -0.425. The molecule has 0 radical (unpaired) electrons. The highest BCUT2D eigenvalue weighted by Crippen LogP contribution is 2.14. The van der Waals surface area contributed by atoms with Crippen LogP contribution in [0.3, 0.4) is 0 Å². The van der Waals surface area contributed by atoms with E-state index in [-0.39, 0.29) is 5.69 Å². The molecular formula is C13H16N4O3. The summed E-state index contributed by atoms with van der Waals surface area (Å²) in [5.74, 6) is 0.430. The van der Waals surface area contributed by atoms with Gasteiger partial charge in [0, 0.05) is 13.1 Å². The number of carbonyl (C=O) groups is 1. The molecule has 1 fully saturated rings. The van der Waals surface area contributed by atoms with Crippen LogP contribution >= 0.6 is 0 Å². The van der Waals surface area contributed by atoms with Gasteiger partial charge in [-0.1, -0.05) is 0 Å². The second-order valence-electron chi connectivity index (χ2n) is 4.44. The van der Waals surface area contributed by atoms with Crippen molar-refractivity contribution in [3.05, 3.63) is 24.0 Å². The summed E-state index contributed by atoms with van der Waals surface area (Å²) in [4.78, 5) is 18.0. The molecule has 0 aliphatic carbocycles. The second kappa shape index (κ2) is 5.46. The highest BCUT2D eigenvalue weighted by molar-refractivity contribution is 5.87. The third-order valence-corrected chi connectivity index (χ3v) is 3.13. The number of hydrogen-bond acceptors (Lipinski definition) is 6. The normalized spacial score (nSPS) is 15.6. The molecule has 0 N–H and O–H groups in total. The van der Waals surface area contributed by atoms with E-state index in [4.69, 9.17) is 9.47 Å². The quantitative estimate of drug-likeness (QED) is 0.770. The molecular weight excluding hydrogens is 260 g/mol. The van der Waals surface area contributed by atoms with Crippen molar-refractivity contribution in [1.82, 2.24) is 14.6 Å². The molecule has 7 nitrogen and oxygen atoms in total. The largest absolute Gasteiger partial charge is 0.461 e. The zero-order chi connectivity index (χ0) is 13.9. The fraction of sp³-hybridized carbons (Fsp3) is 0.462. The van der Waals surface area contributed by atoms with E-state index in [2.05, 4.69) is 15.0 Å². The van der Waals surface area contributed by atoms with Crippen molar-refractivity contribution in [3.8, 4) is 0 Å². The lowest BCUT2D eigenvalue weighted by atomic mass is 10.4. The summed E-state index contributed by atoms with van der Waals surface area (Å²) in [6.45, 7) is 5.15. The van der Waals surface area contributed by atoms with Crippen molar-refractivity contribution < 1.29 is 14.3 Å². The van der Waals surface area contributed by atoms with Gasteiger partial charge >= 0.3 is 5.97 Å². The standard InChI is InChI=1S/C13H16N4O3/c1-2-20-13(18)10-9-17-11(14-10)3-4-12(15-17)16-5-7-19-8-6-16/h3-4,9H,2,5-8H2,1H3. The zero-order valence-electron chi connectivity index (χ0n) is 11.3. The molecule has 3 rings (SSSR count). The molecule has 0 spiro atoms. The minimum absolute atomic E-state index is 0.276. The molecule has 1 saturated heterocycles. The second-order valence-corrected chi connectivity index (χ2v) is 4.44. The lowest BCUT2D eigenvalue weighted by Crippen LogP contribution is -2.36. The van der Waals surface area contributed by atoms with Gasteiger partial charge in [-0.2, -0.15) is 0 Å². The molecule has 20 heavy (non-hydrogen) atoms. The molecule has 0 aromatic carbocycles. The van der Waals surface area contributed by atoms with Crippen LogP contribution in [0.1, 0.15) is 17.4 Å². The molecule has 3 heterocycles. The lowest BCUT2D eigenvalue weighted by Gasteiger charge is -2.27. The average Bonchev–Trinajstić information content (AvgIpc) is 2.91. The number of anilines is 1. The fourth-order valence-electron chi connectivity index (χ4n) is 2.14. The van der Waals surface area contributed by atoms with Crippen LogP contribution in [0.15, 0.2) is 18.3 Å². The van der Waals surface area contributed by atoms with Crippen LogP contribution in [0.25, 0.3) is 5.65 Å². The van der Waals surface area contributed by atoms with Gasteiger partial charge < -0.3 is 14.4 Å². The van der Waals surface area contributed by atoms with Gasteiger partial charge in [-0.3, -0.25) is 0 Å². The molecule has 0 saturated carbocycles. The van der Waals surface area contributed by atoms with E-state index in [0.29, 0.717) is 25.5 Å². The van der Waals surface area contributed by atoms with E-state index in [9.17, 15) is 4.79 Å². The van der Waals surface area contributed by atoms with Gasteiger partial charge in [0.25, 0.3) is 0 Å². The number of fused-ring (bicyclic) bond motifs is 1. The summed E-state index contributed by atoms with van der Waals surface area (Å²) >= 11 is 0. The zero-order valence-corrected chi connectivity index (χ0v) is 11.3. The fourth-order valence-corrected chi connectivity index (χ4v) is 2.14. The van der Waals surface area contributed by atoms with Gasteiger partial charge in [0.1, 0.15) is 5.82 Å². The molecule has 0 bridgehead atoms. The minimum Gasteiger partial charge on any atom is -0.461 e. The number of morpholine rings is 1. The van der Waals surface area contributed by atoms with E-state index in [1.54, 1.807) is 17.6 Å². The summed E-state index contributed by atoms with van der Waals surface area (Å²) in [6, 6.07) is 3.75. The van der Waals surface area contributed by atoms with Crippen molar-refractivity contribution in [2.75, 3.05) is 37.8 Å². The lowest BCUT2D eigenvalue weighted by molar-refractivity contribution is 0.0520. The number of esters is 1. The molecule has 0 atom stereocenters. The number of rotatable bonds is 3. The maximum absolute atomic E-state index is 11.6. The number of hydrogen-bond donors (Lipinski definition) is 0. The Kier molecular flexibility index (Phi) is 3.51. The first-order chi connectivity index (χ1) is 9.78. The number of carbonyl (C=O) groups excluding carboxylic acids is 1. The maximum atomic E-state index is 11.6. The number of aromatic nitrogens is 3. The predicted octanol–water partition coefficient (Wildman–Crippen LogP) is 0.743. The average molecular weight is 276 g/mol. The van der Waals surface area contributed by atoms with Crippen LogP contribution < -0.4 is 4.90 Å². The Hall–Kier alpha value is -2.15. The summed E-state index contributed by atoms with van der Waals surface area (Å²) < 4.78 is 11.9. The van der Waals surface area contributed by atoms with Crippen molar-refractivity contribution in [3.63, 3.8) is 0 Å². The van der Waals surface area contributed by atoms with E-state index < -0.39 is 5.97 Å². The SMILES string of the molecule is CCOC(=O)c1cn2nc(N3CCOCC3)ccc2n1. The summed E-state index contributed by atoms with van der Waals surface area (Å²) in [5, 5.41) is 4.48. The van der Waals surface area contributed by atoms with E-state index >= 15 is 0 Å². The van der Waals surface area contributed by atoms with Gasteiger partial charge in [0.15, 0.2) is 11.3 Å². The van der Waals surface area contributed by atoms with Gasteiger partial charge in [-0.15, -0.1) is 5.10 Å². The highest BCUT2D eigenvalue weighted by atomic mass is 16.5. The van der Waals surface area contributed by atoms with Gasteiger partial charge in [-0.05, 0) is 19.1 Å². The monoisotopic (exact) mass is 276 g/mol. The third-order valence-electron chi connectivity index (χ3n) is 3.13. The van der Waals surface area contributed by atoms with Gasteiger partial charge in [-0.25, -0.2) is 14.3 Å². The van der Waals surface area contributed by atoms with Crippen LogP contribution in [0.4, 0.5) is 5.82 Å². The number of imidazole rings is 1. The number of ether oxygens (including phenoxy) is 2. The van der Waals surface area contributed by atoms with Crippen LogP contribution in [0, 0.1) is 0 Å². The van der Waals surface area contributed by atoms with Crippen LogP contribution in [0.2, 0.25) is 0 Å². The first kappa shape index (κ1) is 12.9. The van der Waals surface area contributed by atoms with Gasteiger partial charge in [0.2, 0.25) is 0 Å². The Morgan fingerprint density at radius 3 is 2.95 bits per heavy atom. The van der Waals surface area contributed by atoms with Crippen molar-refractivity contribution >= 4 is 17.4 Å². The Morgan fingerprint density at radius 1 is 1.40 bits per heavy atom. The van der Waals surface area contributed by atoms with Crippen LogP contribution in [-0.4, -0.2) is 53.5 Å². The molecule has 1 aliphatic heterocycles. The van der Waals surface area contributed by atoms with Crippen molar-refractivity contribution in [2.24, 2.45) is 0 Å². The van der Waals surface area contributed by atoms with E-state index in [1.165, 1.54) is 0 Å². The van der Waals surface area contributed by atoms with E-state index in [0.717, 1.165) is 18.9 Å². The van der Waals surface area contributed by atoms with E-state index in [1.807, 2.05) is 12.1 Å². The Morgan fingerprint density at radius 2 is 2.20 bits per heavy atom. The highest BCUT2D eigenvalue weighted by Gasteiger charge is 2.15. The topological polar surface area (TPSA) is 69.0 Å². The molecule has 2 aromatic heterocycles. The summed E-state index contributed by atoms with van der Waals surface area (Å²) in [5.41, 5.74) is 0.906. The molecule has 0 unspecified atom stereocenters. The summed E-state index contributed by atoms with van der Waals surface area (Å²) in [7, 11) is 0. The first-order valence-electron chi connectivity index (χ1n) is 6.64. The first-order valence-corrected chi connectivity index (χ1v) is 6.64. The molecule has 106 valence electrons. The molecule has 2 aromatic rings. The maximum Gasteiger partial charge on any atom is 0.358 e. The molecule has 0 amide bonds. The van der Waals surface area contributed by atoms with Crippen molar-refractivity contribution in [1.29, 1.82) is 0 Å². The molecule has 7 heteroatoms. The van der Waals surface area contributed by atoms with Crippen molar-refractivity contribution in [2.45, 2.75) is 6.92 Å². The van der Waals surface area contributed by atoms with Crippen LogP contribution in [0.5, 0.6) is 0 Å².